The molecule has 7 nitrogen and oxygen atoms in total. The number of likely N-dealkylation sites (tertiary alicyclic amines) is 1. The number of hydrogen-bond acceptors (Lipinski definition) is 5. The molecule has 3 aromatic rings. The molecule has 1 unspecified atom stereocenters. The first-order valence-electron chi connectivity index (χ1n) is 11.3. The fourth-order valence-electron chi connectivity index (χ4n) is 4.69. The summed E-state index contributed by atoms with van der Waals surface area (Å²) in [5, 5.41) is 17.3. The smallest absolute Gasteiger partial charge is 0.245 e. The van der Waals surface area contributed by atoms with Crippen LogP contribution in [0.2, 0.25) is 0 Å². The van der Waals surface area contributed by atoms with Crippen LogP contribution in [0.1, 0.15) is 30.5 Å². The lowest BCUT2D eigenvalue weighted by atomic mass is 9.85. The van der Waals surface area contributed by atoms with Crippen LogP contribution in [0, 0.1) is 17.1 Å². The van der Waals surface area contributed by atoms with Crippen LogP contribution in [-0.2, 0) is 21.7 Å². The number of ether oxygens (including phenoxy) is 1. The van der Waals surface area contributed by atoms with E-state index < -0.39 is 5.54 Å². The zero-order chi connectivity index (χ0) is 25.2. The van der Waals surface area contributed by atoms with Crippen LogP contribution in [0.3, 0.4) is 0 Å². The number of benzene rings is 3. The minimum absolute atomic E-state index is 0.0589. The van der Waals surface area contributed by atoms with Crippen molar-refractivity contribution < 1.29 is 18.7 Å². The summed E-state index contributed by atoms with van der Waals surface area (Å²) < 4.78 is 19.2. The molecule has 2 N–H and O–H groups in total. The lowest BCUT2D eigenvalue weighted by Gasteiger charge is -2.49. The summed E-state index contributed by atoms with van der Waals surface area (Å²) in [5.41, 5.74) is 0.632. The zero-order valence-electron chi connectivity index (χ0n) is 19.9. The molecule has 180 valence electrons. The van der Waals surface area contributed by atoms with Gasteiger partial charge in [-0.3, -0.25) is 14.5 Å². The number of rotatable bonds is 7. The average Bonchev–Trinajstić information content (AvgIpc) is 2.83. The van der Waals surface area contributed by atoms with E-state index in [-0.39, 0.29) is 30.2 Å². The number of carbonyl (C=O) groups excluding carboxylic acids is 2. The summed E-state index contributed by atoms with van der Waals surface area (Å²) >= 11 is 0. The van der Waals surface area contributed by atoms with Gasteiger partial charge < -0.3 is 15.4 Å². The molecule has 2 amide bonds. The standard InChI is InChI=1S/C27H27FN4O3/c1-17(33)31-22-15-32(16-22)27(2,20-8-10-21(28)11-9-20)26(34)30-14-24-23-7-5-4-6-18(23)12-19(13-29)25(24)35-3/h4-12,22H,14-16H2,1-3H3,(H,30,34)(H,31,33). The van der Waals surface area contributed by atoms with Gasteiger partial charge >= 0.3 is 0 Å². The predicted octanol–water partition coefficient (Wildman–Crippen LogP) is 3.21. The second-order valence-electron chi connectivity index (χ2n) is 8.83. The molecule has 4 rings (SSSR count). The van der Waals surface area contributed by atoms with E-state index in [0.29, 0.717) is 35.5 Å². The minimum atomic E-state index is -1.10. The number of amides is 2. The van der Waals surface area contributed by atoms with Crippen molar-refractivity contribution >= 4 is 22.6 Å². The molecule has 1 saturated heterocycles. The van der Waals surface area contributed by atoms with Crippen molar-refractivity contribution in [2.75, 3.05) is 20.2 Å². The third kappa shape index (κ3) is 4.55. The normalized spacial score (nSPS) is 15.5. The highest BCUT2D eigenvalue weighted by Gasteiger charge is 2.47. The highest BCUT2D eigenvalue weighted by atomic mass is 19.1. The molecule has 0 saturated carbocycles. The number of methoxy groups -OCH3 is 1. The van der Waals surface area contributed by atoms with Gasteiger partial charge in [0.05, 0.1) is 18.7 Å². The van der Waals surface area contributed by atoms with Crippen molar-refractivity contribution in [2.45, 2.75) is 32.0 Å². The molecule has 1 atom stereocenters. The molecule has 0 bridgehead atoms. The van der Waals surface area contributed by atoms with Gasteiger partial charge in [-0.05, 0) is 41.5 Å². The van der Waals surface area contributed by atoms with Crippen LogP contribution in [0.4, 0.5) is 4.39 Å². The van der Waals surface area contributed by atoms with E-state index in [1.54, 1.807) is 25.1 Å². The fraction of sp³-hybridized carbons (Fsp3) is 0.296. The van der Waals surface area contributed by atoms with Crippen LogP contribution >= 0.6 is 0 Å². The monoisotopic (exact) mass is 474 g/mol. The van der Waals surface area contributed by atoms with Gasteiger partial charge in [0.1, 0.15) is 23.2 Å². The molecule has 1 heterocycles. The van der Waals surface area contributed by atoms with Crippen molar-refractivity contribution in [1.82, 2.24) is 15.5 Å². The van der Waals surface area contributed by atoms with E-state index in [1.165, 1.54) is 26.2 Å². The van der Waals surface area contributed by atoms with Crippen LogP contribution in [0.25, 0.3) is 10.8 Å². The summed E-state index contributed by atoms with van der Waals surface area (Å²) in [5.74, 6) is -0.372. The Labute approximate surface area is 203 Å². The van der Waals surface area contributed by atoms with Crippen molar-refractivity contribution in [1.29, 1.82) is 5.26 Å². The molecular formula is C27H27FN4O3. The van der Waals surface area contributed by atoms with Crippen molar-refractivity contribution in [3.63, 3.8) is 0 Å². The van der Waals surface area contributed by atoms with E-state index in [9.17, 15) is 19.2 Å². The first-order valence-corrected chi connectivity index (χ1v) is 11.3. The maximum absolute atomic E-state index is 13.7. The molecule has 0 radical (unpaired) electrons. The number of halogens is 1. The first kappa shape index (κ1) is 24.2. The van der Waals surface area contributed by atoms with E-state index >= 15 is 0 Å². The molecule has 1 aliphatic heterocycles. The van der Waals surface area contributed by atoms with Crippen molar-refractivity contribution in [3.8, 4) is 11.8 Å². The number of nitrogens with zero attached hydrogens (tertiary/aromatic N) is 2. The van der Waals surface area contributed by atoms with E-state index in [1.807, 2.05) is 29.2 Å². The second-order valence-corrected chi connectivity index (χ2v) is 8.83. The van der Waals surface area contributed by atoms with Crippen molar-refractivity contribution in [2.24, 2.45) is 0 Å². The van der Waals surface area contributed by atoms with E-state index in [0.717, 1.165) is 10.8 Å². The Morgan fingerprint density at radius 2 is 1.89 bits per heavy atom. The Morgan fingerprint density at radius 1 is 1.20 bits per heavy atom. The first-order chi connectivity index (χ1) is 16.8. The van der Waals surface area contributed by atoms with Gasteiger partial charge in [-0.15, -0.1) is 0 Å². The van der Waals surface area contributed by atoms with Gasteiger partial charge in [-0.1, -0.05) is 36.4 Å². The Balaban J connectivity index is 1.66. The highest BCUT2D eigenvalue weighted by molar-refractivity contribution is 5.91. The SMILES string of the molecule is COc1c(C#N)cc2ccccc2c1CNC(=O)C(C)(c1ccc(F)cc1)N1CC(NC(C)=O)C1. The Hall–Kier alpha value is -3.96. The third-order valence-electron chi connectivity index (χ3n) is 6.62. The highest BCUT2D eigenvalue weighted by Crippen LogP contribution is 2.35. The molecule has 0 spiro atoms. The summed E-state index contributed by atoms with van der Waals surface area (Å²) in [6.45, 7) is 4.36. The molecule has 1 aliphatic rings. The molecule has 35 heavy (non-hydrogen) atoms. The number of nitriles is 1. The number of nitrogens with one attached hydrogen (secondary N) is 2. The number of carbonyl (C=O) groups is 2. The van der Waals surface area contributed by atoms with Crippen LogP contribution in [0.15, 0.2) is 54.6 Å². The lowest BCUT2D eigenvalue weighted by molar-refractivity contribution is -0.138. The Kier molecular flexibility index (Phi) is 6.72. The Bertz CT molecular complexity index is 1310. The van der Waals surface area contributed by atoms with Crippen LogP contribution in [-0.4, -0.2) is 43.0 Å². The molecule has 3 aromatic carbocycles. The van der Waals surface area contributed by atoms with Crippen molar-refractivity contribution in [3.05, 3.63) is 77.1 Å². The average molecular weight is 475 g/mol. The van der Waals surface area contributed by atoms with Gasteiger partial charge in [-0.25, -0.2) is 4.39 Å². The van der Waals surface area contributed by atoms with E-state index in [4.69, 9.17) is 4.74 Å². The molecule has 0 aromatic heterocycles. The summed E-state index contributed by atoms with van der Waals surface area (Å²) in [7, 11) is 1.50. The van der Waals surface area contributed by atoms with Crippen LogP contribution in [0.5, 0.6) is 5.75 Å². The zero-order valence-corrected chi connectivity index (χ0v) is 19.9. The molecular weight excluding hydrogens is 447 g/mol. The number of fused-ring (bicyclic) bond motifs is 1. The quantitative estimate of drug-likeness (QED) is 0.549. The van der Waals surface area contributed by atoms with Gasteiger partial charge in [0.25, 0.3) is 0 Å². The van der Waals surface area contributed by atoms with Gasteiger partial charge in [0.15, 0.2) is 0 Å². The maximum Gasteiger partial charge on any atom is 0.245 e. The Morgan fingerprint density at radius 3 is 2.51 bits per heavy atom. The molecule has 0 aliphatic carbocycles. The lowest BCUT2D eigenvalue weighted by Crippen LogP contribution is -2.68. The molecule has 8 heteroatoms. The van der Waals surface area contributed by atoms with E-state index in [2.05, 4.69) is 16.7 Å². The number of hydrogen-bond donors (Lipinski definition) is 2. The third-order valence-corrected chi connectivity index (χ3v) is 6.62. The summed E-state index contributed by atoms with van der Waals surface area (Å²) in [6, 6.07) is 17.4. The predicted molar refractivity (Wildman–Crippen MR) is 130 cm³/mol. The summed E-state index contributed by atoms with van der Waals surface area (Å²) in [4.78, 5) is 27.1. The fourth-order valence-corrected chi connectivity index (χ4v) is 4.69. The maximum atomic E-state index is 13.7. The minimum Gasteiger partial charge on any atom is -0.495 e. The second kappa shape index (κ2) is 9.72. The van der Waals surface area contributed by atoms with Gasteiger partial charge in [0.2, 0.25) is 11.8 Å². The topological polar surface area (TPSA) is 94.5 Å². The van der Waals surface area contributed by atoms with Crippen LogP contribution < -0.4 is 15.4 Å². The molecule has 1 fully saturated rings. The summed E-state index contributed by atoms with van der Waals surface area (Å²) in [6.07, 6.45) is 0. The van der Waals surface area contributed by atoms with Gasteiger partial charge in [-0.2, -0.15) is 5.26 Å². The van der Waals surface area contributed by atoms with Gasteiger partial charge in [0, 0.05) is 32.1 Å². The largest absolute Gasteiger partial charge is 0.495 e.